The molecule has 0 spiro atoms. The van der Waals surface area contributed by atoms with Gasteiger partial charge in [-0.25, -0.2) is 0 Å². The monoisotopic (exact) mass is 674 g/mol. The smallest absolute Gasteiger partial charge is 0.305 e. The van der Waals surface area contributed by atoms with Crippen LogP contribution >= 0.6 is 0 Å². The van der Waals surface area contributed by atoms with Crippen molar-refractivity contribution in [3.8, 4) is 0 Å². The summed E-state index contributed by atoms with van der Waals surface area (Å²) in [6.07, 6.45) is 32.5. The van der Waals surface area contributed by atoms with Crippen molar-refractivity contribution in [2.45, 2.75) is 213 Å². The molecule has 0 aromatic carbocycles. The van der Waals surface area contributed by atoms with Crippen LogP contribution in [0.2, 0.25) is 0 Å². The van der Waals surface area contributed by atoms with Gasteiger partial charge in [-0.3, -0.25) is 9.59 Å². The van der Waals surface area contributed by atoms with Gasteiger partial charge in [0.15, 0.2) is 7.98 Å². The second-order valence-electron chi connectivity index (χ2n) is 14.5. The van der Waals surface area contributed by atoms with Crippen LogP contribution in [0.25, 0.3) is 0 Å². The molecule has 1 atom stereocenters. The number of rotatable bonds is 38. The number of carbonyl (C=O) groups excluding carboxylic acids is 2. The molecule has 0 saturated carbocycles. The summed E-state index contributed by atoms with van der Waals surface area (Å²) in [6, 6.07) is 0. The number of esters is 1. The fraction of sp³-hybridized carbons (Fsp3) is 0.857. The minimum atomic E-state index is -0.0924. The Hall–Kier alpha value is -1.56. The molecular formula is C42H80BNO4. The van der Waals surface area contributed by atoms with E-state index in [4.69, 9.17) is 9.47 Å². The first kappa shape index (κ1) is 46.4. The maximum Gasteiger partial charge on any atom is 0.305 e. The SMILES string of the molecule is BN(CCC(=C)CCC(CCCCCCCCC)OC(=C)CCCCCCCC)CCC(=O)CCCCOC(=O)CCCCCCCC. The number of nitrogens with zero attached hydrogens (tertiary/aromatic N) is 1. The lowest BCUT2D eigenvalue weighted by Gasteiger charge is -2.22. The van der Waals surface area contributed by atoms with Gasteiger partial charge in [-0.2, -0.15) is 0 Å². The van der Waals surface area contributed by atoms with E-state index >= 15 is 0 Å². The van der Waals surface area contributed by atoms with Crippen LogP contribution in [0.15, 0.2) is 24.5 Å². The first-order valence-electron chi connectivity index (χ1n) is 20.7. The molecule has 1 unspecified atom stereocenters. The molecule has 0 saturated heterocycles. The summed E-state index contributed by atoms with van der Waals surface area (Å²) in [7, 11) is 2.10. The lowest BCUT2D eigenvalue weighted by Crippen LogP contribution is -2.25. The standard InChI is InChI=1S/C42H80BNO4/c1-6-9-12-15-18-20-23-29-41(48-39(5)27-22-19-16-13-10-7-2)32-31-38(4)33-35-44(43)36-34-40(45)28-25-26-37-47-42(46)30-24-21-17-14-11-8-3/h41H,4-37,43H2,1-3H3. The Morgan fingerprint density at radius 1 is 0.562 bits per heavy atom. The van der Waals surface area contributed by atoms with Crippen molar-refractivity contribution >= 4 is 19.7 Å². The van der Waals surface area contributed by atoms with Gasteiger partial charge in [-0.15, -0.1) is 0 Å². The van der Waals surface area contributed by atoms with Gasteiger partial charge in [0.05, 0.1) is 18.5 Å². The van der Waals surface area contributed by atoms with Crippen LogP contribution in [0.3, 0.4) is 0 Å². The Labute approximate surface area is 300 Å². The molecule has 0 N–H and O–H groups in total. The Morgan fingerprint density at radius 3 is 1.67 bits per heavy atom. The van der Waals surface area contributed by atoms with Gasteiger partial charge >= 0.3 is 5.97 Å². The average molecular weight is 674 g/mol. The fourth-order valence-electron chi connectivity index (χ4n) is 6.11. The highest BCUT2D eigenvalue weighted by Crippen LogP contribution is 2.22. The fourth-order valence-corrected chi connectivity index (χ4v) is 6.11. The van der Waals surface area contributed by atoms with Crippen molar-refractivity contribution < 1.29 is 19.1 Å². The van der Waals surface area contributed by atoms with E-state index in [2.05, 4.69) is 46.7 Å². The third-order valence-corrected chi connectivity index (χ3v) is 9.56. The van der Waals surface area contributed by atoms with Gasteiger partial charge < -0.3 is 14.3 Å². The zero-order valence-corrected chi connectivity index (χ0v) is 32.7. The van der Waals surface area contributed by atoms with Crippen molar-refractivity contribution in [1.29, 1.82) is 0 Å². The maximum absolute atomic E-state index is 12.4. The zero-order chi connectivity index (χ0) is 35.5. The zero-order valence-electron chi connectivity index (χ0n) is 32.7. The van der Waals surface area contributed by atoms with Crippen LogP contribution in [0, 0.1) is 0 Å². The third kappa shape index (κ3) is 33.0. The van der Waals surface area contributed by atoms with Crippen molar-refractivity contribution in [2.75, 3.05) is 19.7 Å². The average Bonchev–Trinajstić information content (AvgIpc) is 3.07. The maximum atomic E-state index is 12.4. The van der Waals surface area contributed by atoms with E-state index in [9.17, 15) is 9.59 Å². The molecule has 280 valence electrons. The minimum Gasteiger partial charge on any atom is -0.495 e. The second kappa shape index (κ2) is 35.3. The van der Waals surface area contributed by atoms with Crippen LogP contribution in [-0.2, 0) is 19.1 Å². The topological polar surface area (TPSA) is 55.8 Å². The summed E-state index contributed by atoms with van der Waals surface area (Å²) < 4.78 is 11.8. The second-order valence-corrected chi connectivity index (χ2v) is 14.5. The van der Waals surface area contributed by atoms with Crippen molar-refractivity contribution in [3.63, 3.8) is 0 Å². The number of ketones is 1. The van der Waals surface area contributed by atoms with Crippen molar-refractivity contribution in [1.82, 2.24) is 4.81 Å². The largest absolute Gasteiger partial charge is 0.495 e. The van der Waals surface area contributed by atoms with Gasteiger partial charge in [0.1, 0.15) is 5.78 Å². The molecule has 0 rings (SSSR count). The highest BCUT2D eigenvalue weighted by molar-refractivity contribution is 6.04. The molecule has 0 bridgehead atoms. The summed E-state index contributed by atoms with van der Waals surface area (Å²) in [5.41, 5.74) is 1.27. The van der Waals surface area contributed by atoms with Crippen LogP contribution < -0.4 is 0 Å². The molecule has 0 heterocycles. The number of Topliss-reactive ketones (excluding diaryl/α,β-unsaturated/α-hetero) is 1. The minimum absolute atomic E-state index is 0.0924. The number of ether oxygens (including phenoxy) is 2. The summed E-state index contributed by atoms with van der Waals surface area (Å²) in [4.78, 5) is 26.6. The van der Waals surface area contributed by atoms with E-state index < -0.39 is 0 Å². The van der Waals surface area contributed by atoms with Gasteiger partial charge in [0.2, 0.25) is 0 Å². The number of hydrogen-bond acceptors (Lipinski definition) is 5. The van der Waals surface area contributed by atoms with Crippen molar-refractivity contribution in [2.24, 2.45) is 0 Å². The summed E-state index contributed by atoms with van der Waals surface area (Å²) in [6.45, 7) is 17.6. The molecule has 0 amide bonds. The van der Waals surface area contributed by atoms with Gasteiger partial charge in [-0.1, -0.05) is 142 Å². The predicted octanol–water partition coefficient (Wildman–Crippen LogP) is 11.8. The van der Waals surface area contributed by atoms with Gasteiger partial charge in [0.25, 0.3) is 0 Å². The molecule has 0 aliphatic rings. The number of carbonyl (C=O) groups is 2. The van der Waals surface area contributed by atoms with E-state index in [1.165, 1.54) is 115 Å². The van der Waals surface area contributed by atoms with Crippen LogP contribution in [-0.4, -0.2) is 50.3 Å². The Kier molecular flexibility index (Phi) is 34.1. The number of hydrogen-bond donors (Lipinski definition) is 0. The molecular weight excluding hydrogens is 593 g/mol. The molecule has 0 aromatic rings. The molecule has 6 heteroatoms. The van der Waals surface area contributed by atoms with E-state index in [-0.39, 0.29) is 12.1 Å². The first-order chi connectivity index (χ1) is 23.3. The lowest BCUT2D eigenvalue weighted by atomic mass is 10.00. The molecule has 0 aliphatic heterocycles. The van der Waals surface area contributed by atoms with Crippen LogP contribution in [0.1, 0.15) is 207 Å². The third-order valence-electron chi connectivity index (χ3n) is 9.56. The Bertz CT molecular complexity index is 786. The molecule has 0 radical (unpaired) electrons. The van der Waals surface area contributed by atoms with Crippen LogP contribution in [0.4, 0.5) is 0 Å². The van der Waals surface area contributed by atoms with Crippen LogP contribution in [0.5, 0.6) is 0 Å². The van der Waals surface area contributed by atoms with E-state index in [1.807, 2.05) is 0 Å². The summed E-state index contributed by atoms with van der Waals surface area (Å²) >= 11 is 0. The molecule has 0 aliphatic carbocycles. The highest BCUT2D eigenvalue weighted by atomic mass is 16.5. The normalized spacial score (nSPS) is 11.9. The number of allylic oxidation sites excluding steroid dienone is 1. The first-order valence-corrected chi connectivity index (χ1v) is 20.7. The Morgan fingerprint density at radius 2 is 1.06 bits per heavy atom. The number of unbranched alkanes of at least 4 members (excludes halogenated alkanes) is 17. The van der Waals surface area contributed by atoms with Gasteiger partial charge in [0, 0.05) is 25.7 Å². The quantitative estimate of drug-likeness (QED) is 0.0215. The molecule has 48 heavy (non-hydrogen) atoms. The lowest BCUT2D eigenvalue weighted by molar-refractivity contribution is -0.143. The highest BCUT2D eigenvalue weighted by Gasteiger charge is 2.13. The van der Waals surface area contributed by atoms with E-state index in [0.717, 1.165) is 76.6 Å². The van der Waals surface area contributed by atoms with Crippen molar-refractivity contribution in [3.05, 3.63) is 24.5 Å². The Balaban J connectivity index is 4.20. The van der Waals surface area contributed by atoms with E-state index in [0.29, 0.717) is 31.7 Å². The molecule has 0 fully saturated rings. The van der Waals surface area contributed by atoms with E-state index in [1.54, 1.807) is 0 Å². The summed E-state index contributed by atoms with van der Waals surface area (Å²) in [5, 5.41) is 0. The summed E-state index contributed by atoms with van der Waals surface area (Å²) in [5.74, 6) is 1.17. The molecule has 5 nitrogen and oxygen atoms in total. The van der Waals surface area contributed by atoms with Gasteiger partial charge in [-0.05, 0) is 70.9 Å². The predicted molar refractivity (Wildman–Crippen MR) is 210 cm³/mol. The molecule has 0 aromatic heterocycles.